The molecule has 2 heterocycles. The van der Waals surface area contributed by atoms with Crippen molar-refractivity contribution in [2.45, 2.75) is 31.3 Å². The number of carboxylic acid groups (broad SMARTS) is 1. The average Bonchev–Trinajstić information content (AvgIpc) is 3.44. The van der Waals surface area contributed by atoms with Crippen LogP contribution in [0.5, 0.6) is 5.75 Å². The van der Waals surface area contributed by atoms with E-state index in [1.165, 1.54) is 24.1 Å². The highest BCUT2D eigenvalue weighted by Crippen LogP contribution is 2.33. The maximum Gasteiger partial charge on any atom is 0.490 e. The molecule has 1 saturated heterocycles. The van der Waals surface area contributed by atoms with Gasteiger partial charge in [0.25, 0.3) is 5.56 Å². The Morgan fingerprint density at radius 2 is 1.58 bits per heavy atom. The van der Waals surface area contributed by atoms with E-state index in [0.717, 1.165) is 23.5 Å². The molecule has 2 aromatic carbocycles. The first-order valence-corrected chi connectivity index (χ1v) is 15.5. The van der Waals surface area contributed by atoms with Gasteiger partial charge >= 0.3 is 30.2 Å². The molecule has 15 nitrogen and oxygen atoms in total. The van der Waals surface area contributed by atoms with E-state index < -0.39 is 69.3 Å². The van der Waals surface area contributed by atoms with Gasteiger partial charge < -0.3 is 19.3 Å². The number of likely N-dealkylation sites (tertiary alicyclic amines) is 1. The van der Waals surface area contributed by atoms with E-state index in [-0.39, 0.29) is 31.0 Å². The Morgan fingerprint density at radius 1 is 1.02 bits per heavy atom. The van der Waals surface area contributed by atoms with Crippen molar-refractivity contribution in [2.75, 3.05) is 19.9 Å². The molecule has 258 valence electrons. The van der Waals surface area contributed by atoms with Crippen LogP contribution in [0, 0.1) is 0 Å². The predicted octanol–water partition coefficient (Wildman–Crippen LogP) is 2.42. The third-order valence-corrected chi connectivity index (χ3v) is 7.29. The van der Waals surface area contributed by atoms with E-state index in [4.69, 9.17) is 24.1 Å². The lowest BCUT2D eigenvalue weighted by Gasteiger charge is -2.25. The van der Waals surface area contributed by atoms with Gasteiger partial charge in [-0.05, 0) is 24.1 Å². The van der Waals surface area contributed by atoms with Gasteiger partial charge in [0, 0.05) is 19.6 Å². The lowest BCUT2D eigenvalue weighted by molar-refractivity contribution is -0.192. The average molecular weight is 699 g/mol. The minimum atomic E-state index is -5.08. The number of carbonyl (C=O) groups is 4. The van der Waals surface area contributed by atoms with Gasteiger partial charge in [-0.2, -0.15) is 13.2 Å². The Labute approximate surface area is 270 Å². The summed E-state index contributed by atoms with van der Waals surface area (Å²) in [6.45, 7) is -0.152. The zero-order valence-electron chi connectivity index (χ0n) is 25.5. The van der Waals surface area contributed by atoms with Gasteiger partial charge in [-0.1, -0.05) is 48.5 Å². The fraction of sp³-hybridized carbons (Fsp3) is 0.310. The first kappa shape index (κ1) is 37.2. The fourth-order valence-electron chi connectivity index (χ4n) is 4.42. The predicted molar refractivity (Wildman–Crippen MR) is 158 cm³/mol. The van der Waals surface area contributed by atoms with Crippen LogP contribution in [0.2, 0.25) is 0 Å². The van der Waals surface area contributed by atoms with Crippen LogP contribution >= 0.6 is 0 Å². The Kier molecular flexibility index (Phi) is 12.0. The highest BCUT2D eigenvalue weighted by molar-refractivity contribution is 7.88. The summed E-state index contributed by atoms with van der Waals surface area (Å²) >= 11 is 0. The van der Waals surface area contributed by atoms with Gasteiger partial charge in [-0.3, -0.25) is 14.3 Å². The molecule has 3 aromatic rings. The zero-order chi connectivity index (χ0) is 35.8. The van der Waals surface area contributed by atoms with Crippen molar-refractivity contribution in [1.82, 2.24) is 19.2 Å². The van der Waals surface area contributed by atoms with Gasteiger partial charge in [0.2, 0.25) is 15.8 Å². The summed E-state index contributed by atoms with van der Waals surface area (Å²) in [7, 11) is -1.26. The molecule has 1 aliphatic heterocycles. The molecule has 4 rings (SSSR count). The summed E-state index contributed by atoms with van der Waals surface area (Å²) in [5, 5.41) is 7.12. The smallest absolute Gasteiger partial charge is 0.475 e. The molecular formula is C29H29F3N4O11S. The van der Waals surface area contributed by atoms with Gasteiger partial charge in [0.05, 0.1) is 25.0 Å². The highest BCUT2D eigenvalue weighted by Gasteiger charge is 2.42. The standard InChI is InChI=1S/C27H28N4O9S.C2HF3O2/c1-30-23(28-21(26(34)38-2)22(24(30)32)40-25(33)18-12-8-5-9-13-18)20-14-19(29-41(3,36)37)15-31(20)27(35)39-16-17-10-6-4-7-11-17;3-2(4,5)1(6)7/h4-13,19-20,29H,14-16H2,1-3H3;(H,6,7)/t19-,20-;/m0./s1. The molecule has 0 unspecified atom stereocenters. The molecule has 1 aliphatic rings. The first-order valence-electron chi connectivity index (χ1n) is 13.6. The van der Waals surface area contributed by atoms with Crippen LogP contribution in [0.4, 0.5) is 18.0 Å². The molecular weight excluding hydrogens is 669 g/mol. The van der Waals surface area contributed by atoms with Gasteiger partial charge in [0.1, 0.15) is 12.4 Å². The van der Waals surface area contributed by atoms with Gasteiger partial charge in [0.15, 0.2) is 5.69 Å². The second kappa shape index (κ2) is 15.5. The lowest BCUT2D eigenvalue weighted by Crippen LogP contribution is -2.39. The molecule has 1 amide bonds. The van der Waals surface area contributed by atoms with E-state index in [1.54, 1.807) is 42.5 Å². The van der Waals surface area contributed by atoms with Crippen LogP contribution in [-0.4, -0.2) is 84.1 Å². The van der Waals surface area contributed by atoms with E-state index in [2.05, 4.69) is 9.71 Å². The highest BCUT2D eigenvalue weighted by atomic mass is 32.2. The number of aromatic nitrogens is 2. The molecule has 0 saturated carbocycles. The summed E-state index contributed by atoms with van der Waals surface area (Å²) in [6, 6.07) is 15.0. The minimum absolute atomic E-state index is 0.0115. The normalized spacial score (nSPS) is 15.9. The van der Waals surface area contributed by atoms with Crippen LogP contribution in [0.15, 0.2) is 65.5 Å². The minimum Gasteiger partial charge on any atom is -0.475 e. The Hall–Kier alpha value is -5.30. The number of amides is 1. The summed E-state index contributed by atoms with van der Waals surface area (Å²) in [4.78, 5) is 66.5. The van der Waals surface area contributed by atoms with Crippen molar-refractivity contribution in [3.63, 3.8) is 0 Å². The number of sulfonamides is 1. The molecule has 48 heavy (non-hydrogen) atoms. The molecule has 2 N–H and O–H groups in total. The SMILES string of the molecule is COC(=O)c1nc([C@@H]2C[C@H](NS(C)(=O)=O)CN2C(=O)OCc2ccccc2)n(C)c(=O)c1OC(=O)c1ccccc1.O=C(O)C(F)(F)F. The van der Waals surface area contributed by atoms with E-state index in [0.29, 0.717) is 0 Å². The van der Waals surface area contributed by atoms with Crippen molar-refractivity contribution in [2.24, 2.45) is 7.05 Å². The van der Waals surface area contributed by atoms with Crippen LogP contribution in [0.25, 0.3) is 0 Å². The van der Waals surface area contributed by atoms with Crippen LogP contribution < -0.4 is 15.0 Å². The summed E-state index contributed by atoms with van der Waals surface area (Å²) in [5.74, 6) is -5.43. The molecule has 0 radical (unpaired) electrons. The topological polar surface area (TPSA) is 200 Å². The number of hydrogen-bond acceptors (Lipinski definition) is 11. The molecule has 1 fully saturated rings. The van der Waals surface area contributed by atoms with E-state index >= 15 is 0 Å². The molecule has 0 aliphatic carbocycles. The zero-order valence-corrected chi connectivity index (χ0v) is 26.3. The number of nitrogens with one attached hydrogen (secondary N) is 1. The fourth-order valence-corrected chi connectivity index (χ4v) is 5.20. The van der Waals surface area contributed by atoms with Crippen LogP contribution in [0.3, 0.4) is 0 Å². The molecule has 19 heteroatoms. The number of esters is 2. The van der Waals surface area contributed by atoms with E-state index in [9.17, 15) is 40.8 Å². The monoisotopic (exact) mass is 698 g/mol. The van der Waals surface area contributed by atoms with Crippen molar-refractivity contribution in [1.29, 1.82) is 0 Å². The Bertz CT molecular complexity index is 1820. The van der Waals surface area contributed by atoms with Crippen molar-refractivity contribution in [3.8, 4) is 5.75 Å². The second-order valence-corrected chi connectivity index (χ2v) is 11.9. The van der Waals surface area contributed by atoms with Crippen LogP contribution in [0.1, 0.15) is 44.7 Å². The Balaban J connectivity index is 0.000000804. The number of benzene rings is 2. The summed E-state index contributed by atoms with van der Waals surface area (Å²) < 4.78 is 74.7. The molecule has 0 bridgehead atoms. The number of aliphatic carboxylic acids is 1. The number of rotatable bonds is 8. The maximum absolute atomic E-state index is 13.4. The quantitative estimate of drug-likeness (QED) is 0.326. The maximum atomic E-state index is 13.4. The number of hydrogen-bond donors (Lipinski definition) is 2. The second-order valence-electron chi connectivity index (χ2n) is 10.1. The first-order chi connectivity index (χ1) is 22.4. The number of ether oxygens (including phenoxy) is 3. The van der Waals surface area contributed by atoms with Crippen molar-refractivity contribution < 1.29 is 60.1 Å². The van der Waals surface area contributed by atoms with Crippen molar-refractivity contribution >= 4 is 34.0 Å². The number of halogens is 3. The van der Waals surface area contributed by atoms with Crippen molar-refractivity contribution in [3.05, 3.63) is 93.7 Å². The lowest BCUT2D eigenvalue weighted by atomic mass is 10.1. The summed E-state index contributed by atoms with van der Waals surface area (Å²) in [5.41, 5.74) is -0.610. The third kappa shape index (κ3) is 9.85. The summed E-state index contributed by atoms with van der Waals surface area (Å²) in [6.07, 6.45) is -4.88. The number of carbonyl (C=O) groups excluding carboxylic acids is 3. The number of alkyl halides is 3. The number of methoxy groups -OCH3 is 1. The molecule has 1 aromatic heterocycles. The Morgan fingerprint density at radius 3 is 2.10 bits per heavy atom. The van der Waals surface area contributed by atoms with Gasteiger partial charge in [-0.25, -0.2) is 37.3 Å². The molecule has 2 atom stereocenters. The van der Waals surface area contributed by atoms with Gasteiger partial charge in [-0.15, -0.1) is 0 Å². The molecule has 0 spiro atoms. The number of nitrogens with zero attached hydrogens (tertiary/aromatic N) is 3. The van der Waals surface area contributed by atoms with Crippen LogP contribution in [-0.2, 0) is 37.9 Å². The third-order valence-electron chi connectivity index (χ3n) is 6.53. The largest absolute Gasteiger partial charge is 0.490 e. The van der Waals surface area contributed by atoms with E-state index in [1.807, 2.05) is 6.07 Å². The number of carboxylic acids is 1.